The van der Waals surface area contributed by atoms with Crippen molar-refractivity contribution >= 4 is 5.96 Å². The summed E-state index contributed by atoms with van der Waals surface area (Å²) in [7, 11) is 1.69. The van der Waals surface area contributed by atoms with E-state index in [0.717, 1.165) is 22.6 Å². The molecule has 0 unspecified atom stereocenters. The van der Waals surface area contributed by atoms with Crippen LogP contribution in [0.2, 0.25) is 0 Å². The van der Waals surface area contributed by atoms with E-state index in [4.69, 9.17) is 9.47 Å². The SMILES string of the molecule is CN=C(NCc1ccc(-n2ccnc2)c(F)c1)NCc1ccc2c(c1)OCO2. The predicted octanol–water partition coefficient (Wildman–Crippen LogP) is 2.61. The molecule has 1 aliphatic rings. The number of hydrogen-bond acceptors (Lipinski definition) is 4. The first-order valence-corrected chi connectivity index (χ1v) is 8.83. The highest BCUT2D eigenvalue weighted by Gasteiger charge is 2.13. The van der Waals surface area contributed by atoms with Crippen molar-refractivity contribution in [3.63, 3.8) is 0 Å². The maximum absolute atomic E-state index is 14.4. The van der Waals surface area contributed by atoms with Gasteiger partial charge in [-0.25, -0.2) is 9.37 Å². The molecule has 1 aromatic heterocycles. The van der Waals surface area contributed by atoms with Gasteiger partial charge in [-0.2, -0.15) is 0 Å². The Bertz CT molecular complexity index is 988. The Morgan fingerprint density at radius 1 is 1.11 bits per heavy atom. The second kappa shape index (κ2) is 7.99. The van der Waals surface area contributed by atoms with E-state index in [0.29, 0.717) is 24.7 Å². The van der Waals surface area contributed by atoms with Crippen molar-refractivity contribution in [2.24, 2.45) is 4.99 Å². The Labute approximate surface area is 161 Å². The number of halogens is 1. The zero-order valence-corrected chi connectivity index (χ0v) is 15.4. The van der Waals surface area contributed by atoms with E-state index in [-0.39, 0.29) is 12.6 Å². The highest BCUT2D eigenvalue weighted by atomic mass is 19.1. The maximum atomic E-state index is 14.4. The van der Waals surface area contributed by atoms with Crippen molar-refractivity contribution in [3.8, 4) is 17.2 Å². The first-order valence-electron chi connectivity index (χ1n) is 8.83. The van der Waals surface area contributed by atoms with Crippen molar-refractivity contribution in [1.29, 1.82) is 0 Å². The van der Waals surface area contributed by atoms with Gasteiger partial charge in [0.1, 0.15) is 5.82 Å². The highest BCUT2D eigenvalue weighted by Crippen LogP contribution is 2.32. The molecule has 0 amide bonds. The minimum absolute atomic E-state index is 0.256. The normalized spacial score (nSPS) is 12.9. The van der Waals surface area contributed by atoms with Crippen LogP contribution in [0.15, 0.2) is 60.1 Å². The first-order chi connectivity index (χ1) is 13.7. The second-order valence-corrected chi connectivity index (χ2v) is 6.22. The Hall–Kier alpha value is -3.55. The van der Waals surface area contributed by atoms with Gasteiger partial charge in [-0.15, -0.1) is 0 Å². The number of hydrogen-bond donors (Lipinski definition) is 2. The number of nitrogens with zero attached hydrogens (tertiary/aromatic N) is 3. The van der Waals surface area contributed by atoms with Crippen LogP contribution in [0.1, 0.15) is 11.1 Å². The van der Waals surface area contributed by atoms with E-state index in [2.05, 4.69) is 20.6 Å². The van der Waals surface area contributed by atoms with Crippen LogP contribution in [0, 0.1) is 5.82 Å². The zero-order valence-electron chi connectivity index (χ0n) is 15.4. The maximum Gasteiger partial charge on any atom is 0.231 e. The molecule has 0 bridgehead atoms. The zero-order chi connectivity index (χ0) is 19.3. The Kier molecular flexibility index (Phi) is 5.09. The van der Waals surface area contributed by atoms with Gasteiger partial charge < -0.3 is 24.7 Å². The topological polar surface area (TPSA) is 72.7 Å². The summed E-state index contributed by atoms with van der Waals surface area (Å²) >= 11 is 0. The van der Waals surface area contributed by atoms with E-state index in [1.54, 1.807) is 36.4 Å². The number of aromatic nitrogens is 2. The van der Waals surface area contributed by atoms with Crippen LogP contribution in [0.3, 0.4) is 0 Å². The lowest BCUT2D eigenvalue weighted by Crippen LogP contribution is -2.36. The number of imidazole rings is 1. The van der Waals surface area contributed by atoms with Crippen molar-refractivity contribution in [2.45, 2.75) is 13.1 Å². The number of nitrogens with one attached hydrogen (secondary N) is 2. The smallest absolute Gasteiger partial charge is 0.231 e. The van der Waals surface area contributed by atoms with Crippen molar-refractivity contribution < 1.29 is 13.9 Å². The fourth-order valence-corrected chi connectivity index (χ4v) is 2.91. The second-order valence-electron chi connectivity index (χ2n) is 6.22. The van der Waals surface area contributed by atoms with Crippen LogP contribution in [-0.4, -0.2) is 29.4 Å². The van der Waals surface area contributed by atoms with Gasteiger partial charge in [0.05, 0.1) is 12.0 Å². The number of benzene rings is 2. The fraction of sp³-hybridized carbons (Fsp3) is 0.200. The van der Waals surface area contributed by atoms with E-state index in [9.17, 15) is 4.39 Å². The molecule has 1 aliphatic heterocycles. The van der Waals surface area contributed by atoms with Gasteiger partial charge in [-0.1, -0.05) is 12.1 Å². The molecule has 2 heterocycles. The van der Waals surface area contributed by atoms with Crippen LogP contribution in [0.25, 0.3) is 5.69 Å². The quantitative estimate of drug-likeness (QED) is 0.525. The largest absolute Gasteiger partial charge is 0.454 e. The lowest BCUT2D eigenvalue weighted by molar-refractivity contribution is 0.174. The summed E-state index contributed by atoms with van der Waals surface area (Å²) in [5, 5.41) is 6.42. The van der Waals surface area contributed by atoms with E-state index in [1.165, 1.54) is 6.07 Å². The molecule has 0 spiro atoms. The van der Waals surface area contributed by atoms with Crippen LogP contribution in [-0.2, 0) is 13.1 Å². The van der Waals surface area contributed by atoms with Crippen LogP contribution < -0.4 is 20.1 Å². The fourth-order valence-electron chi connectivity index (χ4n) is 2.91. The van der Waals surface area contributed by atoms with Gasteiger partial charge >= 0.3 is 0 Å². The molecule has 0 atom stereocenters. The number of ether oxygens (including phenoxy) is 2. The van der Waals surface area contributed by atoms with Gasteiger partial charge in [0, 0.05) is 32.5 Å². The summed E-state index contributed by atoms with van der Waals surface area (Å²) in [5.41, 5.74) is 2.32. The Morgan fingerprint density at radius 3 is 2.57 bits per heavy atom. The van der Waals surface area contributed by atoms with Crippen molar-refractivity contribution in [3.05, 3.63) is 72.1 Å². The van der Waals surface area contributed by atoms with Gasteiger partial charge in [-0.3, -0.25) is 4.99 Å². The molecule has 28 heavy (non-hydrogen) atoms. The van der Waals surface area contributed by atoms with Crippen LogP contribution in [0.4, 0.5) is 4.39 Å². The third kappa shape index (κ3) is 3.90. The molecule has 0 radical (unpaired) electrons. The summed E-state index contributed by atoms with van der Waals surface area (Å²) in [5.74, 6) is 1.82. The van der Waals surface area contributed by atoms with Gasteiger partial charge in [0.15, 0.2) is 17.5 Å². The summed E-state index contributed by atoms with van der Waals surface area (Å²) in [6.07, 6.45) is 4.89. The summed E-state index contributed by atoms with van der Waals surface area (Å²) in [4.78, 5) is 8.15. The average Bonchev–Trinajstić information content (AvgIpc) is 3.39. The molecule has 8 heteroatoms. The summed E-state index contributed by atoms with van der Waals surface area (Å²) in [6.45, 7) is 1.28. The third-order valence-corrected chi connectivity index (χ3v) is 4.38. The number of aliphatic imine (C=N–C) groups is 1. The van der Waals surface area contributed by atoms with Crippen molar-refractivity contribution in [2.75, 3.05) is 13.8 Å². The predicted molar refractivity (Wildman–Crippen MR) is 103 cm³/mol. The molecular formula is C20H20FN5O2. The minimum atomic E-state index is -0.305. The molecule has 3 aromatic rings. The van der Waals surface area contributed by atoms with E-state index in [1.807, 2.05) is 24.3 Å². The lowest BCUT2D eigenvalue weighted by atomic mass is 10.2. The summed E-state index contributed by atoms with van der Waals surface area (Å²) in [6, 6.07) is 10.9. The average molecular weight is 381 g/mol. The third-order valence-electron chi connectivity index (χ3n) is 4.38. The van der Waals surface area contributed by atoms with Gasteiger partial charge in [0.25, 0.3) is 0 Å². The number of guanidine groups is 1. The monoisotopic (exact) mass is 381 g/mol. The van der Waals surface area contributed by atoms with E-state index >= 15 is 0 Å². The summed E-state index contributed by atoms with van der Waals surface area (Å²) < 4.78 is 26.7. The Balaban J connectivity index is 1.34. The molecular weight excluding hydrogens is 361 g/mol. The molecule has 7 nitrogen and oxygen atoms in total. The van der Waals surface area contributed by atoms with Gasteiger partial charge in [0.2, 0.25) is 6.79 Å². The number of rotatable bonds is 5. The molecule has 0 saturated heterocycles. The molecule has 0 aliphatic carbocycles. The standard InChI is InChI=1S/C20H20FN5O2/c1-22-20(25-11-15-3-5-18-19(9-15)28-13-27-18)24-10-14-2-4-17(16(21)8-14)26-7-6-23-12-26/h2-9,12H,10-11,13H2,1H3,(H2,22,24,25). The van der Waals surface area contributed by atoms with Crippen molar-refractivity contribution in [1.82, 2.24) is 20.2 Å². The molecule has 0 fully saturated rings. The van der Waals surface area contributed by atoms with Crippen LogP contribution in [0.5, 0.6) is 11.5 Å². The molecule has 2 N–H and O–H groups in total. The molecule has 0 saturated carbocycles. The molecule has 144 valence electrons. The highest BCUT2D eigenvalue weighted by molar-refractivity contribution is 5.79. The lowest BCUT2D eigenvalue weighted by Gasteiger charge is -2.13. The van der Waals surface area contributed by atoms with Gasteiger partial charge in [-0.05, 0) is 35.4 Å². The molecule has 2 aromatic carbocycles. The Morgan fingerprint density at radius 2 is 1.86 bits per heavy atom. The van der Waals surface area contributed by atoms with E-state index < -0.39 is 0 Å². The van der Waals surface area contributed by atoms with Crippen LogP contribution >= 0.6 is 0 Å². The first kappa shape index (κ1) is 17.8. The number of fused-ring (bicyclic) bond motifs is 1. The minimum Gasteiger partial charge on any atom is -0.454 e. The molecule has 4 rings (SSSR count).